The molecular weight excluding hydrogens is 688 g/mol. The zero-order valence-corrected chi connectivity index (χ0v) is 30.3. The Balaban J connectivity index is 0.00000433. The van der Waals surface area contributed by atoms with E-state index in [4.69, 9.17) is 46.4 Å². The van der Waals surface area contributed by atoms with Gasteiger partial charge in [0, 0.05) is 53.8 Å². The summed E-state index contributed by atoms with van der Waals surface area (Å²) in [5, 5.41) is 1.05. The summed E-state index contributed by atoms with van der Waals surface area (Å²) >= 11 is 25.4. The number of rotatable bonds is 9. The summed E-state index contributed by atoms with van der Waals surface area (Å²) in [5.41, 5.74) is 10.3. The average molecular weight is 724 g/mol. The molecule has 0 N–H and O–H groups in total. The Morgan fingerprint density at radius 1 is 0.745 bits per heavy atom. The first-order valence-electron chi connectivity index (χ1n) is 15.3. The fraction of sp³-hybridized carbons (Fsp3) is 0.205. The van der Waals surface area contributed by atoms with Crippen molar-refractivity contribution in [3.63, 3.8) is 0 Å². The van der Waals surface area contributed by atoms with E-state index < -0.39 is 0 Å². The number of nitrogens with zero attached hydrogens (tertiary/aromatic N) is 3. The average Bonchev–Trinajstić information content (AvgIpc) is 3.43. The first-order valence-corrected chi connectivity index (χ1v) is 17.1. The highest BCUT2D eigenvalue weighted by Gasteiger charge is 2.37. The Morgan fingerprint density at radius 3 is 1.98 bits per heavy atom. The molecule has 0 fully saturated rings. The number of alkyl halides is 2. The van der Waals surface area contributed by atoms with Crippen LogP contribution in [0.3, 0.4) is 0 Å². The van der Waals surface area contributed by atoms with Crippen LogP contribution in [0.5, 0.6) is 0 Å². The Labute approximate surface area is 303 Å². The monoisotopic (exact) mass is 721 g/mol. The number of hydrogen-bond donors (Lipinski definition) is 0. The van der Waals surface area contributed by atoms with Gasteiger partial charge in [-0.3, -0.25) is 0 Å². The molecule has 0 radical (unpaired) electrons. The van der Waals surface area contributed by atoms with Crippen LogP contribution in [0.4, 0.5) is 5.69 Å². The van der Waals surface area contributed by atoms with Crippen LogP contribution < -0.4 is 21.9 Å². The maximum Gasteiger partial charge on any atom is 0.282 e. The van der Waals surface area contributed by atoms with Crippen LogP contribution in [0.15, 0.2) is 115 Å². The van der Waals surface area contributed by atoms with E-state index in [0.717, 1.165) is 39.1 Å². The molecule has 3 nitrogen and oxygen atoms in total. The van der Waals surface area contributed by atoms with E-state index in [-0.39, 0.29) is 17.8 Å². The summed E-state index contributed by atoms with van der Waals surface area (Å²) in [6.07, 6.45) is 10.7. The van der Waals surface area contributed by atoms with Gasteiger partial charge >= 0.3 is 0 Å². The largest absolute Gasteiger partial charge is 1.00 e. The standard InChI is InChI=1S/C39H36Cl4N3.ClH/c1-39(2)31-9-7-8-10-34(31)44(3)37(39)11-5-4-6-12-38-45(25-29-17-13-27(23-40)14-18-29)35-21-32(42)33(43)22-36(35)46(38)26-30-19-15-28(24-41)16-20-30;/h4-22H,23-26H2,1-3H3;1H/q+1;/p-1. The second-order valence-corrected chi connectivity index (χ2v) is 13.5. The molecule has 0 amide bonds. The molecule has 1 aromatic heterocycles. The van der Waals surface area contributed by atoms with Gasteiger partial charge in [-0.05, 0) is 40.0 Å². The Kier molecular flexibility index (Phi) is 11.2. The number of fused-ring (bicyclic) bond motifs is 2. The number of anilines is 1. The highest BCUT2D eigenvalue weighted by molar-refractivity contribution is 6.42. The van der Waals surface area contributed by atoms with Crippen molar-refractivity contribution < 1.29 is 17.0 Å². The van der Waals surface area contributed by atoms with Crippen LogP contribution >= 0.6 is 46.4 Å². The van der Waals surface area contributed by atoms with Crippen molar-refractivity contribution in [2.45, 2.75) is 44.1 Å². The summed E-state index contributed by atoms with van der Waals surface area (Å²) in [6.45, 7) is 5.86. The predicted octanol–water partition coefficient (Wildman–Crippen LogP) is 7.69. The topological polar surface area (TPSA) is 12.1 Å². The molecule has 0 atom stereocenters. The van der Waals surface area contributed by atoms with Gasteiger partial charge in [-0.1, -0.05) is 122 Å². The van der Waals surface area contributed by atoms with Crippen LogP contribution in [-0.4, -0.2) is 11.6 Å². The quantitative estimate of drug-likeness (QED) is 0.0864. The minimum Gasteiger partial charge on any atom is -1.00 e. The van der Waals surface area contributed by atoms with Gasteiger partial charge in [-0.15, -0.1) is 23.2 Å². The van der Waals surface area contributed by atoms with Crippen molar-refractivity contribution >= 4 is 69.2 Å². The molecule has 0 spiro atoms. The lowest BCUT2D eigenvalue weighted by Crippen LogP contribution is -3.00. The fourth-order valence-corrected chi connectivity index (χ4v) is 7.02. The van der Waals surface area contributed by atoms with Crippen LogP contribution in [-0.2, 0) is 30.3 Å². The van der Waals surface area contributed by atoms with Gasteiger partial charge in [-0.25, -0.2) is 9.13 Å². The predicted molar refractivity (Wildman–Crippen MR) is 196 cm³/mol. The van der Waals surface area contributed by atoms with Crippen LogP contribution in [0.25, 0.3) is 17.1 Å². The fourth-order valence-electron chi connectivity index (χ4n) is 6.35. The summed E-state index contributed by atoms with van der Waals surface area (Å²) in [6, 6.07) is 29.4. The molecule has 8 heteroatoms. The van der Waals surface area contributed by atoms with E-state index in [2.05, 4.69) is 138 Å². The van der Waals surface area contributed by atoms with Crippen molar-refractivity contribution in [2.24, 2.45) is 0 Å². The van der Waals surface area contributed by atoms with Gasteiger partial charge in [-0.2, -0.15) is 0 Å². The number of likely N-dealkylation sites (N-methyl/N-ethyl adjacent to an activating group) is 1. The third-order valence-corrected chi connectivity index (χ3v) is 10.2. The third-order valence-electron chi connectivity index (χ3n) is 8.85. The molecule has 0 unspecified atom stereocenters. The summed E-state index contributed by atoms with van der Waals surface area (Å²) in [5.74, 6) is 2.00. The highest BCUT2D eigenvalue weighted by atomic mass is 35.5. The molecule has 0 saturated heterocycles. The molecule has 1 aliphatic rings. The number of benzene rings is 4. The molecule has 5 aromatic rings. The summed E-state index contributed by atoms with van der Waals surface area (Å²) in [7, 11) is 2.14. The zero-order valence-electron chi connectivity index (χ0n) is 26.5. The summed E-state index contributed by atoms with van der Waals surface area (Å²) < 4.78 is 4.60. The highest BCUT2D eigenvalue weighted by Crippen LogP contribution is 2.46. The Morgan fingerprint density at radius 2 is 1.34 bits per heavy atom. The number of aromatic nitrogens is 2. The Bertz CT molecular complexity index is 1880. The zero-order chi connectivity index (χ0) is 32.4. The van der Waals surface area contributed by atoms with Gasteiger partial charge in [0.2, 0.25) is 0 Å². The number of imidazole rings is 1. The molecular formula is C39H36Cl5N3. The van der Waals surface area contributed by atoms with E-state index >= 15 is 0 Å². The number of para-hydroxylation sites is 1. The SMILES string of the molecule is CN1/C(=C/C=C/C=C/c2n(Cc3ccc(CCl)cc3)c3cc(Cl)c(Cl)cc3[n+]2Cc2ccc(CCl)cc2)C(C)(C)c2ccccc21.[Cl-]. The lowest BCUT2D eigenvalue weighted by molar-refractivity contribution is -0.665. The summed E-state index contributed by atoms with van der Waals surface area (Å²) in [4.78, 5) is 2.29. The van der Waals surface area contributed by atoms with E-state index in [9.17, 15) is 0 Å². The van der Waals surface area contributed by atoms with Crippen molar-refractivity contribution in [1.82, 2.24) is 4.57 Å². The molecule has 0 aliphatic carbocycles. The van der Waals surface area contributed by atoms with Gasteiger partial charge in [0.15, 0.2) is 11.0 Å². The minimum absolute atomic E-state index is 0. The maximum atomic E-state index is 6.61. The normalized spacial score (nSPS) is 14.9. The first kappa shape index (κ1) is 35.1. The molecule has 2 heterocycles. The minimum atomic E-state index is -0.0780. The van der Waals surface area contributed by atoms with E-state index in [1.807, 2.05) is 12.1 Å². The van der Waals surface area contributed by atoms with Crippen molar-refractivity contribution in [1.29, 1.82) is 0 Å². The smallest absolute Gasteiger partial charge is 0.282 e. The van der Waals surface area contributed by atoms with Gasteiger partial charge in [0.1, 0.15) is 13.1 Å². The van der Waals surface area contributed by atoms with Crippen molar-refractivity contribution in [2.75, 3.05) is 11.9 Å². The second-order valence-electron chi connectivity index (χ2n) is 12.2. The van der Waals surface area contributed by atoms with Crippen LogP contribution in [0, 0.1) is 0 Å². The van der Waals surface area contributed by atoms with Crippen LogP contribution in [0.2, 0.25) is 10.0 Å². The molecule has 1 aliphatic heterocycles. The lowest BCUT2D eigenvalue weighted by Gasteiger charge is -2.23. The Hall–Kier alpha value is -3.18. The number of allylic oxidation sites excluding steroid dienone is 5. The molecule has 242 valence electrons. The first-order chi connectivity index (χ1) is 22.2. The van der Waals surface area contributed by atoms with Gasteiger partial charge < -0.3 is 17.3 Å². The van der Waals surface area contributed by atoms with Crippen LogP contribution in [0.1, 0.15) is 47.5 Å². The molecule has 0 bridgehead atoms. The number of hydrogen-bond acceptors (Lipinski definition) is 1. The van der Waals surface area contributed by atoms with E-state index in [0.29, 0.717) is 34.9 Å². The van der Waals surface area contributed by atoms with Gasteiger partial charge in [0.25, 0.3) is 5.82 Å². The molecule has 47 heavy (non-hydrogen) atoms. The third kappa shape index (κ3) is 7.16. The lowest BCUT2D eigenvalue weighted by atomic mass is 9.84. The number of halogens is 5. The molecule has 6 rings (SSSR count). The van der Waals surface area contributed by atoms with Crippen molar-refractivity contribution in [3.05, 3.63) is 159 Å². The molecule has 4 aromatic carbocycles. The maximum absolute atomic E-state index is 6.61. The van der Waals surface area contributed by atoms with Gasteiger partial charge in [0.05, 0.1) is 10.0 Å². The van der Waals surface area contributed by atoms with E-state index in [1.165, 1.54) is 16.9 Å². The molecule has 0 saturated carbocycles. The van der Waals surface area contributed by atoms with Crippen molar-refractivity contribution in [3.8, 4) is 0 Å². The van der Waals surface area contributed by atoms with E-state index in [1.54, 1.807) is 0 Å². The second kappa shape index (κ2) is 14.9.